The molecule has 4 atom stereocenters. The van der Waals surface area contributed by atoms with E-state index in [1.807, 2.05) is 0 Å². The zero-order chi connectivity index (χ0) is 46.6. The van der Waals surface area contributed by atoms with E-state index in [1.54, 1.807) is 0 Å². The molecule has 13 N–H and O–H groups in total. The fraction of sp³-hybridized carbons (Fsp3) is 0.875. The van der Waals surface area contributed by atoms with E-state index in [0.29, 0.717) is 90.5 Å². The molecule has 63 heavy (non-hydrogen) atoms. The van der Waals surface area contributed by atoms with Crippen molar-refractivity contribution in [3.05, 3.63) is 0 Å². The van der Waals surface area contributed by atoms with Gasteiger partial charge >= 0.3 is 0 Å². The molecular formula is C48H95N9O6. The highest BCUT2D eigenvalue weighted by Gasteiger charge is 2.27. The number of carbonyl (C=O) groups is 6. The van der Waals surface area contributed by atoms with E-state index >= 15 is 0 Å². The van der Waals surface area contributed by atoms with Gasteiger partial charge in [0.1, 0.15) is 24.4 Å². The standard InChI is InChI=1S/C48H95N9O6/c1-2-3-4-5-6-8-11-14-18-33-45(60)56-43(31-22-26-37-52)48(63)57-41(29-20-24-35-50)46(61)53-38-27-16-13-10-7-9-12-15-17-32-44(59)55-42(30-21-25-36-51)47(62)54-40(39-58)28-19-23-34-49/h39-43H,2-38,49-52H2,1H3,(H,53,61)(H,54,62)(H,55,59)(H,56,60)(H,57,63). The lowest BCUT2D eigenvalue weighted by Gasteiger charge is -2.23. The molecule has 0 bridgehead atoms. The second kappa shape index (κ2) is 44.1. The Hall–Kier alpha value is -3.14. The van der Waals surface area contributed by atoms with Crippen molar-refractivity contribution in [3.8, 4) is 0 Å². The van der Waals surface area contributed by atoms with Crippen LogP contribution in [0.5, 0.6) is 0 Å². The fourth-order valence-corrected chi connectivity index (χ4v) is 7.64. The number of hydrogen-bond acceptors (Lipinski definition) is 10. The summed E-state index contributed by atoms with van der Waals surface area (Å²) in [4.78, 5) is 76.8. The van der Waals surface area contributed by atoms with Gasteiger partial charge in [0, 0.05) is 19.4 Å². The third-order valence-corrected chi connectivity index (χ3v) is 11.6. The summed E-state index contributed by atoms with van der Waals surface area (Å²) in [7, 11) is 0. The Morgan fingerprint density at radius 2 is 0.746 bits per heavy atom. The number of unbranched alkanes of at least 4 members (excludes halogenated alkanes) is 20. The van der Waals surface area contributed by atoms with Crippen molar-refractivity contribution in [1.82, 2.24) is 26.6 Å². The Balaban J connectivity index is 4.59. The van der Waals surface area contributed by atoms with Gasteiger partial charge in [0.25, 0.3) is 0 Å². The van der Waals surface area contributed by atoms with Gasteiger partial charge in [-0.05, 0) is 122 Å². The Kier molecular flexibility index (Phi) is 41.9. The molecule has 0 aliphatic rings. The fourth-order valence-electron chi connectivity index (χ4n) is 7.64. The highest BCUT2D eigenvalue weighted by Crippen LogP contribution is 2.13. The van der Waals surface area contributed by atoms with Gasteiger partial charge in [0.2, 0.25) is 29.5 Å². The smallest absolute Gasteiger partial charge is 0.243 e. The van der Waals surface area contributed by atoms with Gasteiger partial charge in [0.15, 0.2) is 0 Å². The number of nitrogens with one attached hydrogen (secondary N) is 5. The normalized spacial score (nSPS) is 13.1. The zero-order valence-corrected chi connectivity index (χ0v) is 39.8. The maximum atomic E-state index is 13.5. The quantitative estimate of drug-likeness (QED) is 0.0271. The molecule has 5 amide bonds. The van der Waals surface area contributed by atoms with E-state index in [4.69, 9.17) is 22.9 Å². The van der Waals surface area contributed by atoms with Gasteiger partial charge in [-0.3, -0.25) is 24.0 Å². The van der Waals surface area contributed by atoms with Crippen LogP contribution in [-0.4, -0.2) is 92.7 Å². The van der Waals surface area contributed by atoms with Crippen LogP contribution in [0.1, 0.15) is 212 Å². The summed E-state index contributed by atoms with van der Waals surface area (Å²) < 4.78 is 0. The van der Waals surface area contributed by atoms with Crippen LogP contribution in [0.3, 0.4) is 0 Å². The molecule has 0 spiro atoms. The molecule has 4 unspecified atom stereocenters. The molecule has 15 heteroatoms. The molecule has 0 aromatic carbocycles. The molecule has 0 fully saturated rings. The lowest BCUT2D eigenvalue weighted by molar-refractivity contribution is -0.132. The molecule has 0 heterocycles. The highest BCUT2D eigenvalue weighted by atomic mass is 16.2. The van der Waals surface area contributed by atoms with E-state index in [-0.39, 0.29) is 29.5 Å². The summed E-state index contributed by atoms with van der Waals surface area (Å²) in [5.74, 6) is -1.15. The lowest BCUT2D eigenvalue weighted by atomic mass is 10.0. The average molecular weight is 894 g/mol. The number of hydrogen-bond donors (Lipinski definition) is 9. The van der Waals surface area contributed by atoms with Crippen molar-refractivity contribution in [3.63, 3.8) is 0 Å². The molecule has 0 aromatic heterocycles. The van der Waals surface area contributed by atoms with Gasteiger partial charge < -0.3 is 54.3 Å². The summed E-state index contributed by atoms with van der Waals surface area (Å²) in [6.45, 7) is 4.82. The number of carbonyl (C=O) groups excluding carboxylic acids is 6. The van der Waals surface area contributed by atoms with Crippen LogP contribution in [0, 0.1) is 0 Å². The third-order valence-electron chi connectivity index (χ3n) is 11.6. The molecule has 15 nitrogen and oxygen atoms in total. The minimum Gasteiger partial charge on any atom is -0.354 e. The first-order valence-electron chi connectivity index (χ1n) is 25.4. The monoisotopic (exact) mass is 894 g/mol. The van der Waals surface area contributed by atoms with E-state index in [9.17, 15) is 28.8 Å². The summed E-state index contributed by atoms with van der Waals surface area (Å²) in [6.07, 6.45) is 28.7. The van der Waals surface area contributed by atoms with Gasteiger partial charge in [-0.2, -0.15) is 0 Å². The summed E-state index contributed by atoms with van der Waals surface area (Å²) in [6, 6.07) is -2.68. The molecule has 0 rings (SSSR count). The van der Waals surface area contributed by atoms with Crippen molar-refractivity contribution in [2.75, 3.05) is 32.7 Å². The number of nitrogens with two attached hydrogens (primary N) is 4. The Morgan fingerprint density at radius 3 is 1.14 bits per heavy atom. The van der Waals surface area contributed by atoms with Crippen LogP contribution in [0.4, 0.5) is 0 Å². The molecule has 0 radical (unpaired) electrons. The van der Waals surface area contributed by atoms with Crippen LogP contribution < -0.4 is 49.5 Å². The topological polar surface area (TPSA) is 267 Å². The first-order valence-corrected chi connectivity index (χ1v) is 25.4. The van der Waals surface area contributed by atoms with Crippen LogP contribution in [0.15, 0.2) is 0 Å². The molecule has 0 aliphatic heterocycles. The molecule has 0 aromatic rings. The molecule has 0 saturated heterocycles. The predicted molar refractivity (Wildman–Crippen MR) is 256 cm³/mol. The molecule has 0 saturated carbocycles. The van der Waals surface area contributed by atoms with Gasteiger partial charge in [0.05, 0.1) is 6.04 Å². The number of amides is 5. The van der Waals surface area contributed by atoms with Gasteiger partial charge in [-0.25, -0.2) is 0 Å². The molecule has 0 aliphatic carbocycles. The van der Waals surface area contributed by atoms with E-state index in [2.05, 4.69) is 33.5 Å². The minimum atomic E-state index is -0.706. The maximum Gasteiger partial charge on any atom is 0.243 e. The Bertz CT molecular complexity index is 1160. The number of rotatable bonds is 46. The first-order chi connectivity index (χ1) is 30.7. The second-order valence-corrected chi connectivity index (χ2v) is 17.5. The molecule has 368 valence electrons. The van der Waals surface area contributed by atoms with Crippen molar-refractivity contribution >= 4 is 35.8 Å². The van der Waals surface area contributed by atoms with E-state index in [1.165, 1.54) is 38.5 Å². The van der Waals surface area contributed by atoms with Crippen molar-refractivity contribution in [2.24, 2.45) is 22.9 Å². The van der Waals surface area contributed by atoms with Crippen molar-refractivity contribution in [2.45, 2.75) is 237 Å². The van der Waals surface area contributed by atoms with Gasteiger partial charge in [-0.15, -0.1) is 0 Å². The van der Waals surface area contributed by atoms with Gasteiger partial charge in [-0.1, -0.05) is 103 Å². The maximum absolute atomic E-state index is 13.5. The van der Waals surface area contributed by atoms with Crippen molar-refractivity contribution < 1.29 is 28.8 Å². The largest absolute Gasteiger partial charge is 0.354 e. The Labute approximate surface area is 382 Å². The van der Waals surface area contributed by atoms with Crippen LogP contribution in [0.2, 0.25) is 0 Å². The predicted octanol–water partition coefficient (Wildman–Crippen LogP) is 5.58. The van der Waals surface area contributed by atoms with Crippen LogP contribution in [-0.2, 0) is 28.8 Å². The van der Waals surface area contributed by atoms with E-state index < -0.39 is 24.2 Å². The lowest BCUT2D eigenvalue weighted by Crippen LogP contribution is -2.53. The van der Waals surface area contributed by atoms with Crippen molar-refractivity contribution in [1.29, 1.82) is 0 Å². The summed E-state index contributed by atoms with van der Waals surface area (Å²) >= 11 is 0. The second-order valence-electron chi connectivity index (χ2n) is 17.5. The summed E-state index contributed by atoms with van der Waals surface area (Å²) in [5.41, 5.74) is 22.6. The van der Waals surface area contributed by atoms with Crippen LogP contribution >= 0.6 is 0 Å². The number of aldehydes is 1. The average Bonchev–Trinajstić information content (AvgIpc) is 3.27. The Morgan fingerprint density at radius 1 is 0.397 bits per heavy atom. The SMILES string of the molecule is CCCCCCCCCCCC(=O)NC(CCCCN)C(=O)NC(CCCCN)C(=O)NCCCCCCCCCCCC(=O)NC(CCCCN)C(=O)NC(C=O)CCCCN. The zero-order valence-electron chi connectivity index (χ0n) is 39.8. The highest BCUT2D eigenvalue weighted by molar-refractivity contribution is 5.92. The minimum absolute atomic E-state index is 0.126. The summed E-state index contributed by atoms with van der Waals surface area (Å²) in [5, 5.41) is 14.6. The third kappa shape index (κ3) is 35.8. The van der Waals surface area contributed by atoms with E-state index in [0.717, 1.165) is 115 Å². The molecular weight excluding hydrogens is 799 g/mol. The first kappa shape index (κ1) is 59.9. The van der Waals surface area contributed by atoms with Crippen LogP contribution in [0.25, 0.3) is 0 Å².